The van der Waals surface area contributed by atoms with E-state index in [0.717, 1.165) is 11.1 Å². The second-order valence-corrected chi connectivity index (χ2v) is 6.80. The first-order valence-electron chi connectivity index (χ1n) is 9.55. The van der Waals surface area contributed by atoms with Crippen molar-refractivity contribution in [3.05, 3.63) is 71.8 Å². The Bertz CT molecular complexity index is 674. The first-order valence-corrected chi connectivity index (χ1v) is 9.55. The number of methoxy groups -OCH3 is 1. The molecule has 0 bridgehead atoms. The second-order valence-electron chi connectivity index (χ2n) is 6.80. The van der Waals surface area contributed by atoms with Crippen molar-refractivity contribution >= 4 is 5.97 Å². The van der Waals surface area contributed by atoms with Crippen molar-refractivity contribution in [1.29, 1.82) is 0 Å². The first-order chi connectivity index (χ1) is 13.6. The smallest absolute Gasteiger partial charge is 0.308 e. The van der Waals surface area contributed by atoms with Crippen LogP contribution in [-0.2, 0) is 37.0 Å². The lowest BCUT2D eigenvalue weighted by atomic mass is 9.96. The van der Waals surface area contributed by atoms with Gasteiger partial charge in [0.15, 0.2) is 0 Å². The fourth-order valence-corrected chi connectivity index (χ4v) is 2.76. The average molecular weight is 386 g/mol. The molecule has 3 atom stereocenters. The Hall–Kier alpha value is -2.21. The zero-order valence-electron chi connectivity index (χ0n) is 16.9. The van der Waals surface area contributed by atoms with E-state index in [1.165, 1.54) is 7.11 Å². The highest BCUT2D eigenvalue weighted by atomic mass is 16.7. The van der Waals surface area contributed by atoms with Gasteiger partial charge in [-0.05, 0) is 18.1 Å². The monoisotopic (exact) mass is 386 g/mol. The molecule has 0 heterocycles. The summed E-state index contributed by atoms with van der Waals surface area (Å²) >= 11 is 0. The third-order valence-electron chi connectivity index (χ3n) is 4.76. The first kappa shape index (κ1) is 22.1. The van der Waals surface area contributed by atoms with Gasteiger partial charge in [0.2, 0.25) is 0 Å². The molecular formula is C23H30O5. The summed E-state index contributed by atoms with van der Waals surface area (Å²) < 4.78 is 22.3. The molecule has 0 amide bonds. The molecular weight excluding hydrogens is 356 g/mol. The van der Waals surface area contributed by atoms with Gasteiger partial charge in [0.25, 0.3) is 0 Å². The molecule has 28 heavy (non-hydrogen) atoms. The van der Waals surface area contributed by atoms with Gasteiger partial charge in [0, 0.05) is 5.92 Å². The van der Waals surface area contributed by atoms with Crippen molar-refractivity contribution in [3.8, 4) is 0 Å². The van der Waals surface area contributed by atoms with E-state index in [1.54, 1.807) is 0 Å². The van der Waals surface area contributed by atoms with Crippen LogP contribution in [0.1, 0.15) is 31.4 Å². The van der Waals surface area contributed by atoms with Gasteiger partial charge in [-0.25, -0.2) is 0 Å². The Morgan fingerprint density at radius 3 is 2.00 bits per heavy atom. The third-order valence-corrected chi connectivity index (χ3v) is 4.76. The molecule has 152 valence electrons. The Morgan fingerprint density at radius 1 is 0.857 bits per heavy atom. The minimum Gasteiger partial charge on any atom is -0.469 e. The molecule has 0 saturated carbocycles. The van der Waals surface area contributed by atoms with E-state index in [1.807, 2.05) is 74.5 Å². The molecule has 0 radical (unpaired) electrons. The predicted molar refractivity (Wildman–Crippen MR) is 107 cm³/mol. The molecule has 0 unspecified atom stereocenters. The Labute approximate surface area is 167 Å². The Balaban J connectivity index is 1.82. The van der Waals surface area contributed by atoms with Gasteiger partial charge >= 0.3 is 5.97 Å². The summed E-state index contributed by atoms with van der Waals surface area (Å²) in [6.45, 7) is 5.10. The fourth-order valence-electron chi connectivity index (χ4n) is 2.76. The number of ether oxygens (including phenoxy) is 4. The zero-order chi connectivity index (χ0) is 20.2. The molecule has 0 aliphatic rings. The van der Waals surface area contributed by atoms with Gasteiger partial charge in [0.1, 0.15) is 6.79 Å². The van der Waals surface area contributed by atoms with Crippen molar-refractivity contribution in [2.75, 3.05) is 13.9 Å². The topological polar surface area (TPSA) is 54.0 Å². The van der Waals surface area contributed by atoms with Crippen molar-refractivity contribution in [1.82, 2.24) is 0 Å². The van der Waals surface area contributed by atoms with Crippen LogP contribution >= 0.6 is 0 Å². The molecule has 5 nitrogen and oxygen atoms in total. The molecule has 5 heteroatoms. The number of hydrogen-bond donors (Lipinski definition) is 0. The van der Waals surface area contributed by atoms with Crippen LogP contribution in [0.15, 0.2) is 60.7 Å². The van der Waals surface area contributed by atoms with E-state index < -0.39 is 0 Å². The highest BCUT2D eigenvalue weighted by Gasteiger charge is 2.27. The highest BCUT2D eigenvalue weighted by molar-refractivity contribution is 5.69. The van der Waals surface area contributed by atoms with E-state index in [-0.39, 0.29) is 37.3 Å². The molecule has 0 saturated heterocycles. The maximum atomic E-state index is 11.8. The van der Waals surface area contributed by atoms with Crippen molar-refractivity contribution in [2.24, 2.45) is 5.92 Å². The number of rotatable bonds is 12. The van der Waals surface area contributed by atoms with Crippen LogP contribution in [0.5, 0.6) is 0 Å². The predicted octanol–water partition coefficient (Wildman–Crippen LogP) is 4.35. The van der Waals surface area contributed by atoms with Crippen molar-refractivity contribution in [2.45, 2.75) is 45.7 Å². The summed E-state index contributed by atoms with van der Waals surface area (Å²) in [7, 11) is 1.39. The van der Waals surface area contributed by atoms with Crippen LogP contribution in [0.25, 0.3) is 0 Å². The number of hydrogen-bond acceptors (Lipinski definition) is 5. The maximum absolute atomic E-state index is 11.8. The van der Waals surface area contributed by atoms with Gasteiger partial charge in [-0.2, -0.15) is 0 Å². The van der Waals surface area contributed by atoms with Crippen LogP contribution in [-0.4, -0.2) is 32.1 Å². The fraction of sp³-hybridized carbons (Fsp3) is 0.435. The lowest BCUT2D eigenvalue weighted by Gasteiger charge is -2.28. The third kappa shape index (κ3) is 7.80. The second kappa shape index (κ2) is 12.3. The largest absolute Gasteiger partial charge is 0.469 e. The highest BCUT2D eigenvalue weighted by Crippen LogP contribution is 2.20. The molecule has 0 aliphatic carbocycles. The Kier molecular flexibility index (Phi) is 9.69. The minimum atomic E-state index is -0.309. The minimum absolute atomic E-state index is 0.0110. The van der Waals surface area contributed by atoms with E-state index in [2.05, 4.69) is 0 Å². The molecule has 0 fully saturated rings. The lowest BCUT2D eigenvalue weighted by molar-refractivity contribution is -0.151. The van der Waals surface area contributed by atoms with Crippen molar-refractivity contribution in [3.63, 3.8) is 0 Å². The summed E-state index contributed by atoms with van der Waals surface area (Å²) in [5.74, 6) is -0.305. The van der Waals surface area contributed by atoms with Crippen LogP contribution < -0.4 is 0 Å². The zero-order valence-corrected chi connectivity index (χ0v) is 16.9. The van der Waals surface area contributed by atoms with Gasteiger partial charge in [-0.3, -0.25) is 4.79 Å². The maximum Gasteiger partial charge on any atom is 0.308 e. The van der Waals surface area contributed by atoms with E-state index in [0.29, 0.717) is 13.2 Å². The number of esters is 1. The summed E-state index contributed by atoms with van der Waals surface area (Å²) in [5, 5.41) is 0. The summed E-state index contributed by atoms with van der Waals surface area (Å²) in [5.41, 5.74) is 2.16. The summed E-state index contributed by atoms with van der Waals surface area (Å²) in [4.78, 5) is 11.8. The molecule has 0 aromatic heterocycles. The van der Waals surface area contributed by atoms with E-state index >= 15 is 0 Å². The summed E-state index contributed by atoms with van der Waals surface area (Å²) in [6, 6.07) is 19.8. The normalized spacial score (nSPS) is 14.2. The summed E-state index contributed by atoms with van der Waals surface area (Å²) in [6.07, 6.45) is -0.263. The van der Waals surface area contributed by atoms with Crippen LogP contribution in [0.2, 0.25) is 0 Å². The van der Waals surface area contributed by atoms with Gasteiger partial charge in [0.05, 0.1) is 39.0 Å². The number of carbonyl (C=O) groups excluding carboxylic acids is 1. The Morgan fingerprint density at radius 2 is 1.43 bits per heavy atom. The van der Waals surface area contributed by atoms with Gasteiger partial charge in [-0.15, -0.1) is 0 Å². The molecule has 0 aliphatic heterocycles. The van der Waals surface area contributed by atoms with Crippen LogP contribution in [0, 0.1) is 5.92 Å². The standard InChI is InChI=1S/C23H30O5/c1-18(19(2)28-17-26-15-20-10-6-4-7-11-20)22(14-23(24)25-3)27-16-21-12-8-5-9-13-21/h4-13,18-19,22H,14-17H2,1-3H3/t18-,19-,22+/m1/s1. The van der Waals surface area contributed by atoms with Crippen LogP contribution in [0.3, 0.4) is 0 Å². The quantitative estimate of drug-likeness (QED) is 0.308. The van der Waals surface area contributed by atoms with Gasteiger partial charge < -0.3 is 18.9 Å². The number of benzene rings is 2. The van der Waals surface area contributed by atoms with E-state index in [9.17, 15) is 4.79 Å². The van der Waals surface area contributed by atoms with Crippen molar-refractivity contribution < 1.29 is 23.7 Å². The van der Waals surface area contributed by atoms with E-state index in [4.69, 9.17) is 18.9 Å². The molecule has 0 N–H and O–H groups in total. The number of carbonyl (C=O) groups is 1. The molecule has 2 aromatic carbocycles. The van der Waals surface area contributed by atoms with Gasteiger partial charge in [-0.1, -0.05) is 67.6 Å². The van der Waals surface area contributed by atoms with Crippen LogP contribution in [0.4, 0.5) is 0 Å². The SMILES string of the molecule is COC(=O)C[C@H](OCc1ccccc1)[C@H](C)[C@@H](C)OCOCc1ccccc1. The lowest BCUT2D eigenvalue weighted by Crippen LogP contribution is -2.34. The molecule has 2 rings (SSSR count). The average Bonchev–Trinajstić information content (AvgIpc) is 2.74. The molecule has 2 aromatic rings. The molecule has 0 spiro atoms.